The van der Waals surface area contributed by atoms with Crippen molar-refractivity contribution in [2.75, 3.05) is 0 Å². The van der Waals surface area contributed by atoms with Gasteiger partial charge in [-0.05, 0) is 29.5 Å². The lowest BCUT2D eigenvalue weighted by Gasteiger charge is -2.18. The third-order valence-corrected chi connectivity index (χ3v) is 5.07. The highest BCUT2D eigenvalue weighted by atomic mass is 32.1. The van der Waals surface area contributed by atoms with Crippen LogP contribution in [0.3, 0.4) is 0 Å². The maximum absolute atomic E-state index is 12.8. The van der Waals surface area contributed by atoms with Crippen molar-refractivity contribution in [3.8, 4) is 0 Å². The molecule has 5 heteroatoms. The summed E-state index contributed by atoms with van der Waals surface area (Å²) in [5.74, 6) is -0.415. The van der Waals surface area contributed by atoms with Crippen LogP contribution in [0.25, 0.3) is 0 Å². The third kappa shape index (κ3) is 5.53. The molecule has 1 atom stereocenters. The normalized spacial score (nSPS) is 11.6. The Kier molecular flexibility index (Phi) is 6.39. The molecule has 0 fully saturated rings. The lowest BCUT2D eigenvalue weighted by atomic mass is 10.0. The molecular formula is C22H22N2O2S. The summed E-state index contributed by atoms with van der Waals surface area (Å²) in [5.41, 5.74) is 3.18. The van der Waals surface area contributed by atoms with E-state index in [9.17, 15) is 9.59 Å². The number of thiophene rings is 1. The third-order valence-electron chi connectivity index (χ3n) is 4.20. The molecule has 0 saturated heterocycles. The first-order valence-electron chi connectivity index (χ1n) is 8.83. The Labute approximate surface area is 163 Å². The van der Waals surface area contributed by atoms with Gasteiger partial charge in [0.2, 0.25) is 5.91 Å². The van der Waals surface area contributed by atoms with Crippen molar-refractivity contribution in [1.29, 1.82) is 0 Å². The Morgan fingerprint density at radius 2 is 1.74 bits per heavy atom. The molecule has 4 nitrogen and oxygen atoms in total. The van der Waals surface area contributed by atoms with Crippen LogP contribution >= 0.6 is 11.3 Å². The monoisotopic (exact) mass is 378 g/mol. The van der Waals surface area contributed by atoms with Crippen molar-refractivity contribution in [3.05, 3.63) is 93.7 Å². The van der Waals surface area contributed by atoms with E-state index in [1.807, 2.05) is 73.0 Å². The molecule has 0 aliphatic rings. The van der Waals surface area contributed by atoms with Crippen molar-refractivity contribution in [3.63, 3.8) is 0 Å². The molecule has 1 aromatic heterocycles. The molecule has 3 rings (SSSR count). The second-order valence-corrected chi connectivity index (χ2v) is 7.35. The second kappa shape index (κ2) is 9.14. The second-order valence-electron chi connectivity index (χ2n) is 6.40. The number of hydrogen-bond acceptors (Lipinski definition) is 3. The van der Waals surface area contributed by atoms with E-state index in [1.54, 1.807) is 6.07 Å². The fourth-order valence-electron chi connectivity index (χ4n) is 2.83. The van der Waals surface area contributed by atoms with E-state index in [0.717, 1.165) is 16.7 Å². The molecule has 2 amide bonds. The summed E-state index contributed by atoms with van der Waals surface area (Å²) in [6, 6.07) is 20.6. The molecule has 0 aliphatic carbocycles. The number of aryl methyl sites for hydroxylation is 1. The fraction of sp³-hybridized carbons (Fsp3) is 0.182. The lowest BCUT2D eigenvalue weighted by Crippen LogP contribution is -2.47. The Bertz CT molecular complexity index is 892. The smallest absolute Gasteiger partial charge is 0.262 e. The molecular weight excluding hydrogens is 356 g/mol. The van der Waals surface area contributed by atoms with Crippen LogP contribution in [0.2, 0.25) is 0 Å². The van der Waals surface area contributed by atoms with Crippen LogP contribution in [0.4, 0.5) is 0 Å². The molecule has 0 bridgehead atoms. The summed E-state index contributed by atoms with van der Waals surface area (Å²) in [6.07, 6.45) is 0.442. The number of rotatable bonds is 7. The average molecular weight is 378 g/mol. The van der Waals surface area contributed by atoms with Gasteiger partial charge in [-0.2, -0.15) is 0 Å². The average Bonchev–Trinajstić information content (AvgIpc) is 3.21. The van der Waals surface area contributed by atoms with E-state index in [-0.39, 0.29) is 11.8 Å². The van der Waals surface area contributed by atoms with Crippen molar-refractivity contribution >= 4 is 23.2 Å². The number of amides is 2. The van der Waals surface area contributed by atoms with Crippen LogP contribution in [0.1, 0.15) is 26.4 Å². The van der Waals surface area contributed by atoms with E-state index in [1.165, 1.54) is 11.3 Å². The van der Waals surface area contributed by atoms with Gasteiger partial charge in [-0.1, -0.05) is 66.2 Å². The highest BCUT2D eigenvalue weighted by molar-refractivity contribution is 7.12. The van der Waals surface area contributed by atoms with Gasteiger partial charge in [-0.15, -0.1) is 11.3 Å². The largest absolute Gasteiger partial charge is 0.350 e. The number of carbonyl (C=O) groups excluding carboxylic acids is 2. The first-order chi connectivity index (χ1) is 13.1. The standard InChI is InChI=1S/C22H22N2O2S/c1-16-7-5-10-18(13-16)15-23-21(25)19(14-17-8-3-2-4-9-17)24-22(26)20-11-6-12-27-20/h2-13,19H,14-15H2,1H3,(H,23,25)(H,24,26). The molecule has 3 aromatic rings. The van der Waals surface area contributed by atoms with Gasteiger partial charge in [0.05, 0.1) is 4.88 Å². The number of benzene rings is 2. The molecule has 0 radical (unpaired) electrons. The first-order valence-corrected chi connectivity index (χ1v) is 9.71. The van der Waals surface area contributed by atoms with E-state index >= 15 is 0 Å². The summed E-state index contributed by atoms with van der Waals surface area (Å²) in [6.45, 7) is 2.45. The van der Waals surface area contributed by atoms with Crippen molar-refractivity contribution in [1.82, 2.24) is 10.6 Å². The van der Waals surface area contributed by atoms with Crippen LogP contribution in [0.5, 0.6) is 0 Å². The van der Waals surface area contributed by atoms with Crippen LogP contribution in [-0.4, -0.2) is 17.9 Å². The molecule has 1 unspecified atom stereocenters. The zero-order valence-electron chi connectivity index (χ0n) is 15.1. The Hall–Kier alpha value is -2.92. The van der Waals surface area contributed by atoms with E-state index in [4.69, 9.17) is 0 Å². The SMILES string of the molecule is Cc1cccc(CNC(=O)C(Cc2ccccc2)NC(=O)c2cccs2)c1. The minimum absolute atomic E-state index is 0.190. The molecule has 0 spiro atoms. The molecule has 0 saturated carbocycles. The summed E-state index contributed by atoms with van der Waals surface area (Å²) in [5, 5.41) is 7.67. The maximum Gasteiger partial charge on any atom is 0.262 e. The zero-order chi connectivity index (χ0) is 19.1. The lowest BCUT2D eigenvalue weighted by molar-refractivity contribution is -0.123. The van der Waals surface area contributed by atoms with Gasteiger partial charge in [0, 0.05) is 13.0 Å². The predicted molar refractivity (Wildman–Crippen MR) is 109 cm³/mol. The minimum atomic E-state index is -0.633. The van der Waals surface area contributed by atoms with Crippen LogP contribution < -0.4 is 10.6 Å². The number of hydrogen-bond donors (Lipinski definition) is 2. The summed E-state index contributed by atoms with van der Waals surface area (Å²) in [4.78, 5) is 25.8. The van der Waals surface area contributed by atoms with Gasteiger partial charge >= 0.3 is 0 Å². The first kappa shape index (κ1) is 18.9. The topological polar surface area (TPSA) is 58.2 Å². The van der Waals surface area contributed by atoms with Gasteiger partial charge in [-0.3, -0.25) is 9.59 Å². The summed E-state index contributed by atoms with van der Waals surface area (Å²) >= 11 is 1.36. The van der Waals surface area contributed by atoms with Gasteiger partial charge < -0.3 is 10.6 Å². The van der Waals surface area contributed by atoms with Crippen molar-refractivity contribution in [2.24, 2.45) is 0 Å². The van der Waals surface area contributed by atoms with Crippen LogP contribution in [0, 0.1) is 6.92 Å². The minimum Gasteiger partial charge on any atom is -0.350 e. The Morgan fingerprint density at radius 3 is 2.44 bits per heavy atom. The zero-order valence-corrected chi connectivity index (χ0v) is 16.0. The van der Waals surface area contributed by atoms with Gasteiger partial charge in [0.25, 0.3) is 5.91 Å². The molecule has 2 N–H and O–H groups in total. The Balaban J connectivity index is 1.69. The van der Waals surface area contributed by atoms with E-state index in [0.29, 0.717) is 17.8 Å². The predicted octanol–water partition coefficient (Wildman–Crippen LogP) is 3.71. The fourth-order valence-corrected chi connectivity index (χ4v) is 3.46. The number of carbonyl (C=O) groups is 2. The summed E-state index contributed by atoms with van der Waals surface area (Å²) in [7, 11) is 0. The van der Waals surface area contributed by atoms with Gasteiger partial charge in [-0.25, -0.2) is 0 Å². The highest BCUT2D eigenvalue weighted by Gasteiger charge is 2.22. The molecule has 27 heavy (non-hydrogen) atoms. The van der Waals surface area contributed by atoms with Crippen LogP contribution in [-0.2, 0) is 17.8 Å². The van der Waals surface area contributed by atoms with Gasteiger partial charge in [0.1, 0.15) is 6.04 Å². The van der Waals surface area contributed by atoms with Gasteiger partial charge in [0.15, 0.2) is 0 Å². The van der Waals surface area contributed by atoms with Crippen molar-refractivity contribution in [2.45, 2.75) is 25.9 Å². The molecule has 138 valence electrons. The molecule has 1 heterocycles. The quantitative estimate of drug-likeness (QED) is 0.658. The molecule has 2 aromatic carbocycles. The van der Waals surface area contributed by atoms with E-state index in [2.05, 4.69) is 10.6 Å². The van der Waals surface area contributed by atoms with Crippen LogP contribution in [0.15, 0.2) is 72.1 Å². The van der Waals surface area contributed by atoms with Crippen molar-refractivity contribution < 1.29 is 9.59 Å². The number of nitrogens with one attached hydrogen (secondary N) is 2. The Morgan fingerprint density at radius 1 is 0.963 bits per heavy atom. The maximum atomic E-state index is 12.8. The summed E-state index contributed by atoms with van der Waals surface area (Å²) < 4.78 is 0. The molecule has 0 aliphatic heterocycles. The highest BCUT2D eigenvalue weighted by Crippen LogP contribution is 2.10. The van der Waals surface area contributed by atoms with E-state index < -0.39 is 6.04 Å².